The summed E-state index contributed by atoms with van der Waals surface area (Å²) in [5, 5.41) is 3.27. The Morgan fingerprint density at radius 3 is 2.80 bits per heavy atom. The van der Waals surface area contributed by atoms with Crippen LogP contribution in [0.25, 0.3) is 0 Å². The normalized spacial score (nSPS) is 28.5. The zero-order valence-corrected chi connectivity index (χ0v) is 10.1. The topological polar surface area (TPSA) is 38.3 Å². The number of ether oxygens (including phenoxy) is 1. The minimum absolute atomic E-state index is 0.0445. The zero-order valence-electron chi connectivity index (χ0n) is 10.1. The van der Waals surface area contributed by atoms with Crippen LogP contribution >= 0.6 is 0 Å². The van der Waals surface area contributed by atoms with E-state index in [1.165, 1.54) is 0 Å². The molecule has 0 aromatic heterocycles. The van der Waals surface area contributed by atoms with Crippen LogP contribution in [0.2, 0.25) is 0 Å². The highest BCUT2D eigenvalue weighted by molar-refractivity contribution is 5.80. The van der Waals surface area contributed by atoms with Crippen molar-refractivity contribution in [2.75, 3.05) is 6.54 Å². The average molecular weight is 213 g/mol. The Morgan fingerprint density at radius 1 is 1.53 bits per heavy atom. The van der Waals surface area contributed by atoms with Gasteiger partial charge in [0.05, 0.1) is 6.10 Å². The molecule has 0 amide bonds. The molecule has 2 unspecified atom stereocenters. The van der Waals surface area contributed by atoms with Gasteiger partial charge in [0.25, 0.3) is 0 Å². The molecule has 3 nitrogen and oxygen atoms in total. The second-order valence-electron chi connectivity index (χ2n) is 4.72. The lowest BCUT2D eigenvalue weighted by Gasteiger charge is -2.33. The molecule has 0 saturated carbocycles. The lowest BCUT2D eigenvalue weighted by molar-refractivity contribution is -0.157. The number of carbonyl (C=O) groups is 1. The summed E-state index contributed by atoms with van der Waals surface area (Å²) in [4.78, 5) is 11.9. The van der Waals surface area contributed by atoms with Crippen molar-refractivity contribution in [3.05, 3.63) is 0 Å². The Kier molecular flexibility index (Phi) is 4.58. The van der Waals surface area contributed by atoms with Crippen molar-refractivity contribution < 1.29 is 9.53 Å². The van der Waals surface area contributed by atoms with E-state index in [1.807, 2.05) is 13.8 Å². The number of carbonyl (C=O) groups excluding carboxylic acids is 1. The van der Waals surface area contributed by atoms with E-state index in [9.17, 15) is 4.79 Å². The van der Waals surface area contributed by atoms with E-state index in [0.717, 1.165) is 38.6 Å². The Balaban J connectivity index is 2.44. The van der Waals surface area contributed by atoms with E-state index in [-0.39, 0.29) is 12.1 Å². The molecule has 1 aliphatic rings. The predicted molar refractivity (Wildman–Crippen MR) is 60.7 cm³/mol. The molecule has 0 aliphatic carbocycles. The summed E-state index contributed by atoms with van der Waals surface area (Å²) >= 11 is 0. The summed E-state index contributed by atoms with van der Waals surface area (Å²) in [6.07, 6.45) is 5.21. The Morgan fingerprint density at radius 2 is 2.27 bits per heavy atom. The third-order valence-electron chi connectivity index (χ3n) is 3.07. The Hall–Kier alpha value is -0.570. The second-order valence-corrected chi connectivity index (χ2v) is 4.72. The second kappa shape index (κ2) is 5.50. The average Bonchev–Trinajstić information content (AvgIpc) is 2.19. The van der Waals surface area contributed by atoms with Crippen LogP contribution in [0.4, 0.5) is 0 Å². The maximum absolute atomic E-state index is 11.9. The van der Waals surface area contributed by atoms with Crippen molar-refractivity contribution in [1.82, 2.24) is 5.32 Å². The van der Waals surface area contributed by atoms with Crippen LogP contribution in [0.3, 0.4) is 0 Å². The third kappa shape index (κ3) is 3.49. The molecule has 88 valence electrons. The highest BCUT2D eigenvalue weighted by Gasteiger charge is 2.36. The molecule has 1 heterocycles. The number of nitrogens with one attached hydrogen (secondary N) is 1. The number of hydrogen-bond acceptors (Lipinski definition) is 3. The van der Waals surface area contributed by atoms with Gasteiger partial charge in [-0.25, -0.2) is 0 Å². The maximum Gasteiger partial charge on any atom is 0.326 e. The van der Waals surface area contributed by atoms with Gasteiger partial charge in [-0.1, -0.05) is 13.3 Å². The first kappa shape index (κ1) is 12.5. The fraction of sp³-hybridized carbons (Fsp3) is 0.917. The van der Waals surface area contributed by atoms with Crippen molar-refractivity contribution >= 4 is 5.97 Å². The summed E-state index contributed by atoms with van der Waals surface area (Å²) in [7, 11) is 0. The lowest BCUT2D eigenvalue weighted by Crippen LogP contribution is -2.53. The van der Waals surface area contributed by atoms with Crippen LogP contribution in [0, 0.1) is 0 Å². The van der Waals surface area contributed by atoms with Crippen LogP contribution in [0.1, 0.15) is 52.9 Å². The zero-order chi connectivity index (χ0) is 11.3. The minimum atomic E-state index is -0.444. The highest BCUT2D eigenvalue weighted by atomic mass is 16.5. The molecule has 1 saturated heterocycles. The van der Waals surface area contributed by atoms with Gasteiger partial charge in [-0.2, -0.15) is 0 Å². The van der Waals surface area contributed by atoms with Gasteiger partial charge in [-0.15, -0.1) is 0 Å². The van der Waals surface area contributed by atoms with Gasteiger partial charge in [-0.05, 0) is 46.1 Å². The van der Waals surface area contributed by atoms with Gasteiger partial charge in [0.15, 0.2) is 0 Å². The molecule has 0 aromatic rings. The molecule has 0 radical (unpaired) electrons. The van der Waals surface area contributed by atoms with E-state index >= 15 is 0 Å². The van der Waals surface area contributed by atoms with Crippen molar-refractivity contribution in [2.45, 2.75) is 64.5 Å². The fourth-order valence-corrected chi connectivity index (χ4v) is 2.01. The molecule has 2 atom stereocenters. The van der Waals surface area contributed by atoms with Crippen molar-refractivity contribution in [3.8, 4) is 0 Å². The van der Waals surface area contributed by atoms with Crippen LogP contribution in [-0.4, -0.2) is 24.2 Å². The van der Waals surface area contributed by atoms with Crippen molar-refractivity contribution in [3.63, 3.8) is 0 Å². The lowest BCUT2D eigenvalue weighted by atomic mass is 9.91. The number of rotatable bonds is 4. The molecule has 1 N–H and O–H groups in total. The molecule has 0 aromatic carbocycles. The number of piperidine rings is 1. The SMILES string of the molecule is CCCC(C)OC(=O)C1(C)CCCCN1. The van der Waals surface area contributed by atoms with Gasteiger partial charge in [-0.3, -0.25) is 4.79 Å². The summed E-state index contributed by atoms with van der Waals surface area (Å²) in [6.45, 7) is 6.94. The van der Waals surface area contributed by atoms with E-state index in [4.69, 9.17) is 4.74 Å². The van der Waals surface area contributed by atoms with Crippen LogP contribution in [0.5, 0.6) is 0 Å². The molecule has 0 spiro atoms. The smallest absolute Gasteiger partial charge is 0.326 e. The van der Waals surface area contributed by atoms with E-state index in [0.29, 0.717) is 0 Å². The minimum Gasteiger partial charge on any atom is -0.461 e. The molecule has 1 rings (SSSR count). The molecule has 3 heteroatoms. The predicted octanol–water partition coefficient (Wildman–Crippen LogP) is 2.25. The molecular weight excluding hydrogens is 190 g/mol. The Bertz CT molecular complexity index is 210. The Labute approximate surface area is 92.6 Å². The number of esters is 1. The van der Waals surface area contributed by atoms with Gasteiger partial charge >= 0.3 is 5.97 Å². The van der Waals surface area contributed by atoms with Crippen molar-refractivity contribution in [1.29, 1.82) is 0 Å². The molecule has 15 heavy (non-hydrogen) atoms. The van der Waals surface area contributed by atoms with Crippen LogP contribution in [-0.2, 0) is 9.53 Å². The van der Waals surface area contributed by atoms with Gasteiger partial charge in [0, 0.05) is 0 Å². The molecule has 0 bridgehead atoms. The molecular formula is C12H23NO2. The summed E-state index contributed by atoms with van der Waals surface area (Å²) in [5.41, 5.74) is -0.444. The van der Waals surface area contributed by atoms with Crippen LogP contribution in [0.15, 0.2) is 0 Å². The number of hydrogen-bond donors (Lipinski definition) is 1. The van der Waals surface area contributed by atoms with Gasteiger partial charge in [0.1, 0.15) is 5.54 Å². The van der Waals surface area contributed by atoms with Crippen LogP contribution < -0.4 is 5.32 Å². The van der Waals surface area contributed by atoms with E-state index in [1.54, 1.807) is 0 Å². The molecule has 1 aliphatic heterocycles. The summed E-state index contributed by atoms with van der Waals surface area (Å²) in [6, 6.07) is 0. The third-order valence-corrected chi connectivity index (χ3v) is 3.07. The molecule has 1 fully saturated rings. The first-order valence-corrected chi connectivity index (χ1v) is 6.04. The summed E-state index contributed by atoms with van der Waals surface area (Å²) in [5.74, 6) is -0.0804. The van der Waals surface area contributed by atoms with Crippen molar-refractivity contribution in [2.24, 2.45) is 0 Å². The van der Waals surface area contributed by atoms with E-state index in [2.05, 4.69) is 12.2 Å². The summed E-state index contributed by atoms with van der Waals surface area (Å²) < 4.78 is 5.43. The monoisotopic (exact) mass is 213 g/mol. The first-order valence-electron chi connectivity index (χ1n) is 6.04. The first-order chi connectivity index (χ1) is 7.08. The largest absolute Gasteiger partial charge is 0.461 e. The quantitative estimate of drug-likeness (QED) is 0.728. The van der Waals surface area contributed by atoms with Gasteiger partial charge in [0.2, 0.25) is 0 Å². The highest BCUT2D eigenvalue weighted by Crippen LogP contribution is 2.21. The maximum atomic E-state index is 11.9. The standard InChI is InChI=1S/C12H23NO2/c1-4-7-10(2)15-11(14)12(3)8-5-6-9-13-12/h10,13H,4-9H2,1-3H3. The van der Waals surface area contributed by atoms with E-state index < -0.39 is 5.54 Å². The van der Waals surface area contributed by atoms with Gasteiger partial charge < -0.3 is 10.1 Å². The fourth-order valence-electron chi connectivity index (χ4n) is 2.01.